The highest BCUT2D eigenvalue weighted by molar-refractivity contribution is 6.17. The Morgan fingerprint density at radius 1 is 1.28 bits per heavy atom. The van der Waals surface area contributed by atoms with Crippen molar-refractivity contribution in [3.8, 4) is 0 Å². The first-order valence-corrected chi connectivity index (χ1v) is 7.37. The summed E-state index contributed by atoms with van der Waals surface area (Å²) in [6.07, 6.45) is 8.90. The van der Waals surface area contributed by atoms with Crippen molar-refractivity contribution in [3.05, 3.63) is 18.0 Å². The molecule has 18 heavy (non-hydrogen) atoms. The minimum Gasteiger partial charge on any atom is -0.338 e. The topological polar surface area (TPSA) is 29.0 Å². The maximum absolute atomic E-state index is 5.78. The van der Waals surface area contributed by atoms with Gasteiger partial charge in [-0.25, -0.2) is 9.97 Å². The maximum Gasteiger partial charge on any atom is 0.225 e. The summed E-state index contributed by atoms with van der Waals surface area (Å²) in [4.78, 5) is 11.3. The van der Waals surface area contributed by atoms with E-state index in [2.05, 4.69) is 28.7 Å². The van der Waals surface area contributed by atoms with E-state index < -0.39 is 0 Å². The first kappa shape index (κ1) is 13.6. The summed E-state index contributed by atoms with van der Waals surface area (Å²) >= 11 is 5.78. The van der Waals surface area contributed by atoms with E-state index in [4.69, 9.17) is 11.6 Å². The monoisotopic (exact) mass is 267 g/mol. The van der Waals surface area contributed by atoms with Crippen molar-refractivity contribution in [3.63, 3.8) is 0 Å². The summed E-state index contributed by atoms with van der Waals surface area (Å²) in [5.74, 6) is 1.97. The van der Waals surface area contributed by atoms with E-state index in [1.54, 1.807) is 0 Å². The van der Waals surface area contributed by atoms with Crippen molar-refractivity contribution in [1.29, 1.82) is 0 Å². The van der Waals surface area contributed by atoms with E-state index in [0.29, 0.717) is 17.8 Å². The van der Waals surface area contributed by atoms with Gasteiger partial charge in [-0.15, -0.1) is 11.6 Å². The van der Waals surface area contributed by atoms with Gasteiger partial charge in [0.25, 0.3) is 0 Å². The van der Waals surface area contributed by atoms with Crippen LogP contribution in [-0.2, 0) is 5.88 Å². The molecule has 3 nitrogen and oxygen atoms in total. The largest absolute Gasteiger partial charge is 0.338 e. The Balaban J connectivity index is 2.15. The molecule has 1 fully saturated rings. The predicted octanol–water partition coefficient (Wildman–Crippen LogP) is 3.62. The minimum atomic E-state index is 0.480. The first-order chi connectivity index (χ1) is 8.70. The van der Waals surface area contributed by atoms with Crippen LogP contribution in [0.4, 0.5) is 5.95 Å². The van der Waals surface area contributed by atoms with Crippen LogP contribution in [0.1, 0.15) is 45.1 Å². The second-order valence-corrected chi connectivity index (χ2v) is 5.78. The first-order valence-electron chi connectivity index (χ1n) is 6.84. The lowest BCUT2D eigenvalue weighted by Gasteiger charge is -2.30. The predicted molar refractivity (Wildman–Crippen MR) is 76.0 cm³/mol. The standard InChI is InChI=1S/C14H22ClN3/c1-11(2)10-18(13-5-3-4-6-13)14-16-8-12(7-15)9-17-14/h8-9,11,13H,3-7,10H2,1-2H3. The molecule has 0 unspecified atom stereocenters. The Labute approximate surface area is 115 Å². The zero-order valence-electron chi connectivity index (χ0n) is 11.3. The molecule has 4 heteroatoms. The van der Waals surface area contributed by atoms with Gasteiger partial charge >= 0.3 is 0 Å². The molecule has 1 saturated carbocycles. The third kappa shape index (κ3) is 3.35. The van der Waals surface area contributed by atoms with Crippen molar-refractivity contribution in [1.82, 2.24) is 9.97 Å². The summed E-state index contributed by atoms with van der Waals surface area (Å²) in [6.45, 7) is 5.52. The molecule has 100 valence electrons. The fourth-order valence-electron chi connectivity index (χ4n) is 2.57. The van der Waals surface area contributed by atoms with Crippen LogP contribution in [0.25, 0.3) is 0 Å². The third-order valence-corrected chi connectivity index (χ3v) is 3.74. The highest BCUT2D eigenvalue weighted by atomic mass is 35.5. The number of aromatic nitrogens is 2. The van der Waals surface area contributed by atoms with Crippen LogP contribution in [0.3, 0.4) is 0 Å². The number of anilines is 1. The fourth-order valence-corrected chi connectivity index (χ4v) is 2.71. The second kappa shape index (κ2) is 6.37. The van der Waals surface area contributed by atoms with E-state index in [1.165, 1.54) is 25.7 Å². The van der Waals surface area contributed by atoms with E-state index in [1.807, 2.05) is 12.4 Å². The van der Waals surface area contributed by atoms with Gasteiger partial charge in [0, 0.05) is 30.5 Å². The molecule has 0 bridgehead atoms. The molecule has 0 amide bonds. The van der Waals surface area contributed by atoms with Crippen molar-refractivity contribution < 1.29 is 0 Å². The quantitative estimate of drug-likeness (QED) is 0.763. The van der Waals surface area contributed by atoms with Gasteiger partial charge in [0.1, 0.15) is 0 Å². The number of hydrogen-bond donors (Lipinski definition) is 0. The molecule has 1 aromatic rings. The highest BCUT2D eigenvalue weighted by Crippen LogP contribution is 2.27. The van der Waals surface area contributed by atoms with E-state index in [9.17, 15) is 0 Å². The average Bonchev–Trinajstić information content (AvgIpc) is 2.89. The lowest BCUT2D eigenvalue weighted by atomic mass is 10.1. The number of halogens is 1. The van der Waals surface area contributed by atoms with Gasteiger partial charge in [-0.2, -0.15) is 0 Å². The van der Waals surface area contributed by atoms with E-state index in [-0.39, 0.29) is 0 Å². The Hall–Kier alpha value is -0.830. The van der Waals surface area contributed by atoms with Crippen LogP contribution >= 0.6 is 11.6 Å². The normalized spacial score (nSPS) is 16.4. The summed E-state index contributed by atoms with van der Waals surface area (Å²) < 4.78 is 0. The van der Waals surface area contributed by atoms with Gasteiger partial charge in [0.2, 0.25) is 5.95 Å². The van der Waals surface area contributed by atoms with Crippen LogP contribution < -0.4 is 4.90 Å². The lowest BCUT2D eigenvalue weighted by Crippen LogP contribution is -2.37. The number of rotatable bonds is 5. The molecule has 1 aliphatic rings. The lowest BCUT2D eigenvalue weighted by molar-refractivity contribution is 0.525. The molecule has 0 radical (unpaired) electrons. The van der Waals surface area contributed by atoms with Crippen LogP contribution in [-0.4, -0.2) is 22.6 Å². The Morgan fingerprint density at radius 2 is 1.89 bits per heavy atom. The molecule has 0 N–H and O–H groups in total. The number of hydrogen-bond acceptors (Lipinski definition) is 3. The van der Waals surface area contributed by atoms with Crippen molar-refractivity contribution in [2.45, 2.75) is 51.5 Å². The second-order valence-electron chi connectivity index (χ2n) is 5.51. The Bertz CT molecular complexity index is 358. The van der Waals surface area contributed by atoms with Crippen molar-refractivity contribution in [2.24, 2.45) is 5.92 Å². The van der Waals surface area contributed by atoms with Crippen molar-refractivity contribution >= 4 is 17.5 Å². The zero-order valence-corrected chi connectivity index (χ0v) is 12.0. The van der Waals surface area contributed by atoms with Gasteiger partial charge in [-0.3, -0.25) is 0 Å². The van der Waals surface area contributed by atoms with Gasteiger partial charge in [0.05, 0.1) is 5.88 Å². The Kier molecular flexibility index (Phi) is 4.81. The molecule has 1 heterocycles. The molecule has 1 aliphatic carbocycles. The van der Waals surface area contributed by atoms with E-state index >= 15 is 0 Å². The van der Waals surface area contributed by atoms with Crippen LogP contribution in [0.5, 0.6) is 0 Å². The molecular weight excluding hydrogens is 246 g/mol. The molecule has 0 atom stereocenters. The molecule has 0 aliphatic heterocycles. The smallest absolute Gasteiger partial charge is 0.225 e. The summed E-state index contributed by atoms with van der Waals surface area (Å²) in [6, 6.07) is 0.620. The molecule has 0 spiro atoms. The zero-order chi connectivity index (χ0) is 13.0. The number of nitrogens with zero attached hydrogens (tertiary/aromatic N) is 3. The molecule has 2 rings (SSSR count). The summed E-state index contributed by atoms with van der Waals surface area (Å²) in [5.41, 5.74) is 0.983. The van der Waals surface area contributed by atoms with Gasteiger partial charge in [0.15, 0.2) is 0 Å². The van der Waals surface area contributed by atoms with Gasteiger partial charge in [-0.1, -0.05) is 26.7 Å². The van der Waals surface area contributed by atoms with Gasteiger partial charge < -0.3 is 4.90 Å². The minimum absolute atomic E-state index is 0.480. The molecule has 1 aromatic heterocycles. The van der Waals surface area contributed by atoms with Gasteiger partial charge in [-0.05, 0) is 18.8 Å². The Morgan fingerprint density at radius 3 is 2.39 bits per heavy atom. The molecule has 0 aromatic carbocycles. The van der Waals surface area contributed by atoms with E-state index in [0.717, 1.165) is 18.1 Å². The van der Waals surface area contributed by atoms with Crippen molar-refractivity contribution in [2.75, 3.05) is 11.4 Å². The third-order valence-electron chi connectivity index (χ3n) is 3.43. The number of alkyl halides is 1. The van der Waals surface area contributed by atoms with Crippen LogP contribution in [0.15, 0.2) is 12.4 Å². The highest BCUT2D eigenvalue weighted by Gasteiger charge is 2.25. The molecule has 0 saturated heterocycles. The maximum atomic E-state index is 5.78. The average molecular weight is 268 g/mol. The van der Waals surface area contributed by atoms with Crippen LogP contribution in [0, 0.1) is 5.92 Å². The van der Waals surface area contributed by atoms with Crippen LogP contribution in [0.2, 0.25) is 0 Å². The SMILES string of the molecule is CC(C)CN(c1ncc(CCl)cn1)C1CCCC1. The fraction of sp³-hybridized carbons (Fsp3) is 0.714. The molecular formula is C14H22ClN3. The summed E-state index contributed by atoms with van der Waals surface area (Å²) in [5, 5.41) is 0. The summed E-state index contributed by atoms with van der Waals surface area (Å²) in [7, 11) is 0.